The van der Waals surface area contributed by atoms with Crippen LogP contribution in [0.4, 0.5) is 5.95 Å². The van der Waals surface area contributed by atoms with Gasteiger partial charge in [0.25, 0.3) is 0 Å². The van der Waals surface area contributed by atoms with Gasteiger partial charge in [0.1, 0.15) is 0 Å². The van der Waals surface area contributed by atoms with E-state index in [2.05, 4.69) is 34.3 Å². The van der Waals surface area contributed by atoms with E-state index in [0.717, 1.165) is 13.0 Å². The van der Waals surface area contributed by atoms with Crippen molar-refractivity contribution in [3.05, 3.63) is 41.5 Å². The molecule has 0 bridgehead atoms. The summed E-state index contributed by atoms with van der Waals surface area (Å²) >= 11 is 0. The van der Waals surface area contributed by atoms with E-state index in [1.54, 1.807) is 20.3 Å². The van der Waals surface area contributed by atoms with Gasteiger partial charge in [-0.15, -0.1) is 0 Å². The molecule has 0 fully saturated rings. The zero-order valence-corrected chi connectivity index (χ0v) is 12.0. The molecule has 2 aromatic rings. The smallest absolute Gasteiger partial charge is 0.229 e. The summed E-state index contributed by atoms with van der Waals surface area (Å²) in [4.78, 5) is 8.46. The van der Waals surface area contributed by atoms with Crippen LogP contribution in [0.1, 0.15) is 11.1 Å². The van der Waals surface area contributed by atoms with E-state index in [-0.39, 0.29) is 0 Å². The molecule has 20 heavy (non-hydrogen) atoms. The summed E-state index contributed by atoms with van der Waals surface area (Å²) in [5.41, 5.74) is 2.60. The number of hydrogen-bond acceptors (Lipinski definition) is 5. The summed E-state index contributed by atoms with van der Waals surface area (Å²) in [6, 6.07) is 9.98. The Labute approximate surface area is 119 Å². The standard InChI is InChI=1S/C15H19N3O2/c1-11-6-4-5-7-12(11)8-9-16-15-17-13(19-2)10-14(18-15)20-3/h4-7,10H,8-9H2,1-3H3,(H,16,17,18). The summed E-state index contributed by atoms with van der Waals surface area (Å²) in [5.74, 6) is 1.47. The molecule has 106 valence electrons. The molecule has 1 aromatic carbocycles. The number of nitrogens with zero attached hydrogens (tertiary/aromatic N) is 2. The lowest BCUT2D eigenvalue weighted by Crippen LogP contribution is -2.09. The molecule has 1 aromatic heterocycles. The van der Waals surface area contributed by atoms with Crippen molar-refractivity contribution in [2.24, 2.45) is 0 Å². The summed E-state index contributed by atoms with van der Waals surface area (Å²) in [6.45, 7) is 2.86. The largest absolute Gasteiger partial charge is 0.481 e. The Morgan fingerprint density at radius 1 is 1.05 bits per heavy atom. The van der Waals surface area contributed by atoms with Gasteiger partial charge in [0.2, 0.25) is 17.7 Å². The van der Waals surface area contributed by atoms with Crippen LogP contribution in [-0.4, -0.2) is 30.7 Å². The van der Waals surface area contributed by atoms with Crippen LogP contribution in [0.2, 0.25) is 0 Å². The van der Waals surface area contributed by atoms with Crippen LogP contribution >= 0.6 is 0 Å². The molecule has 5 nitrogen and oxygen atoms in total. The van der Waals surface area contributed by atoms with Crippen molar-refractivity contribution in [3.63, 3.8) is 0 Å². The molecule has 0 amide bonds. The molecule has 0 saturated heterocycles. The predicted octanol–water partition coefficient (Wildman–Crippen LogP) is 2.46. The van der Waals surface area contributed by atoms with Gasteiger partial charge in [-0.25, -0.2) is 0 Å². The van der Waals surface area contributed by atoms with Crippen LogP contribution in [0.3, 0.4) is 0 Å². The molecule has 0 aliphatic carbocycles. The van der Waals surface area contributed by atoms with Crippen molar-refractivity contribution < 1.29 is 9.47 Å². The van der Waals surface area contributed by atoms with Gasteiger partial charge in [-0.1, -0.05) is 24.3 Å². The Morgan fingerprint density at radius 3 is 2.30 bits per heavy atom. The highest BCUT2D eigenvalue weighted by Gasteiger charge is 2.05. The van der Waals surface area contributed by atoms with Crippen molar-refractivity contribution in [1.82, 2.24) is 9.97 Å². The van der Waals surface area contributed by atoms with E-state index in [4.69, 9.17) is 9.47 Å². The second-order valence-electron chi connectivity index (χ2n) is 4.38. The highest BCUT2D eigenvalue weighted by Crippen LogP contribution is 2.17. The summed E-state index contributed by atoms with van der Waals surface area (Å²) in [7, 11) is 3.14. The number of hydrogen-bond donors (Lipinski definition) is 1. The molecule has 2 rings (SSSR count). The van der Waals surface area contributed by atoms with Crippen molar-refractivity contribution in [2.45, 2.75) is 13.3 Å². The molecule has 1 N–H and O–H groups in total. The SMILES string of the molecule is COc1cc(OC)nc(NCCc2ccccc2C)n1. The minimum Gasteiger partial charge on any atom is -0.481 e. The lowest BCUT2D eigenvalue weighted by molar-refractivity contribution is 0.373. The Hall–Kier alpha value is -2.30. The predicted molar refractivity (Wildman–Crippen MR) is 78.5 cm³/mol. The molecular weight excluding hydrogens is 254 g/mol. The molecule has 0 aliphatic rings. The van der Waals surface area contributed by atoms with E-state index in [1.165, 1.54) is 11.1 Å². The first-order valence-corrected chi connectivity index (χ1v) is 6.48. The molecular formula is C15H19N3O2. The number of ether oxygens (including phenoxy) is 2. The monoisotopic (exact) mass is 273 g/mol. The molecule has 0 saturated carbocycles. The third kappa shape index (κ3) is 3.60. The number of anilines is 1. The van der Waals surface area contributed by atoms with E-state index in [0.29, 0.717) is 17.7 Å². The Morgan fingerprint density at radius 2 is 1.70 bits per heavy atom. The number of aryl methyl sites for hydroxylation is 1. The first-order valence-electron chi connectivity index (χ1n) is 6.48. The van der Waals surface area contributed by atoms with Gasteiger partial charge < -0.3 is 14.8 Å². The zero-order chi connectivity index (χ0) is 14.4. The van der Waals surface area contributed by atoms with Gasteiger partial charge in [0, 0.05) is 6.54 Å². The first kappa shape index (κ1) is 14.1. The van der Waals surface area contributed by atoms with Crippen LogP contribution in [0.5, 0.6) is 11.8 Å². The number of rotatable bonds is 6. The summed E-state index contributed by atoms with van der Waals surface area (Å²) in [6.07, 6.45) is 0.912. The van der Waals surface area contributed by atoms with Gasteiger partial charge in [-0.2, -0.15) is 9.97 Å². The molecule has 0 unspecified atom stereocenters. The lowest BCUT2D eigenvalue weighted by atomic mass is 10.1. The fourth-order valence-corrected chi connectivity index (χ4v) is 1.89. The van der Waals surface area contributed by atoms with Gasteiger partial charge in [-0.05, 0) is 24.5 Å². The van der Waals surface area contributed by atoms with Crippen molar-refractivity contribution >= 4 is 5.95 Å². The first-order chi connectivity index (χ1) is 9.72. The number of benzene rings is 1. The van der Waals surface area contributed by atoms with Gasteiger partial charge in [-0.3, -0.25) is 0 Å². The average Bonchev–Trinajstić information content (AvgIpc) is 2.48. The summed E-state index contributed by atoms with van der Waals surface area (Å²) < 4.78 is 10.2. The van der Waals surface area contributed by atoms with E-state index in [9.17, 15) is 0 Å². The van der Waals surface area contributed by atoms with Gasteiger partial charge in [0.05, 0.1) is 20.3 Å². The quantitative estimate of drug-likeness (QED) is 0.876. The molecule has 1 heterocycles. The minimum absolute atomic E-state index is 0.482. The maximum atomic E-state index is 5.11. The van der Waals surface area contributed by atoms with E-state index in [1.807, 2.05) is 12.1 Å². The normalized spacial score (nSPS) is 10.2. The zero-order valence-electron chi connectivity index (χ0n) is 12.0. The third-order valence-electron chi connectivity index (χ3n) is 3.04. The topological polar surface area (TPSA) is 56.3 Å². The Bertz CT molecular complexity index is 551. The van der Waals surface area contributed by atoms with Crippen molar-refractivity contribution in [3.8, 4) is 11.8 Å². The maximum Gasteiger partial charge on any atom is 0.229 e. The fourth-order valence-electron chi connectivity index (χ4n) is 1.89. The van der Waals surface area contributed by atoms with Crippen LogP contribution in [-0.2, 0) is 6.42 Å². The number of aromatic nitrogens is 2. The third-order valence-corrected chi connectivity index (χ3v) is 3.04. The van der Waals surface area contributed by atoms with E-state index < -0.39 is 0 Å². The van der Waals surface area contributed by atoms with Crippen LogP contribution < -0.4 is 14.8 Å². The average molecular weight is 273 g/mol. The second-order valence-corrected chi connectivity index (χ2v) is 4.38. The Kier molecular flexibility index (Phi) is 4.76. The lowest BCUT2D eigenvalue weighted by Gasteiger charge is -2.09. The fraction of sp³-hybridized carbons (Fsp3) is 0.333. The molecule has 5 heteroatoms. The van der Waals surface area contributed by atoms with Crippen molar-refractivity contribution in [2.75, 3.05) is 26.1 Å². The van der Waals surface area contributed by atoms with Crippen LogP contribution in [0.25, 0.3) is 0 Å². The number of methoxy groups -OCH3 is 2. The molecule has 0 atom stereocenters. The maximum absolute atomic E-state index is 5.11. The van der Waals surface area contributed by atoms with E-state index >= 15 is 0 Å². The molecule has 0 spiro atoms. The highest BCUT2D eigenvalue weighted by atomic mass is 16.5. The van der Waals surface area contributed by atoms with Gasteiger partial charge in [0.15, 0.2) is 0 Å². The van der Waals surface area contributed by atoms with Gasteiger partial charge >= 0.3 is 0 Å². The Balaban J connectivity index is 1.99. The molecule has 0 radical (unpaired) electrons. The number of nitrogens with one attached hydrogen (secondary N) is 1. The second kappa shape index (κ2) is 6.75. The minimum atomic E-state index is 0.482. The van der Waals surface area contributed by atoms with Crippen LogP contribution in [0.15, 0.2) is 30.3 Å². The van der Waals surface area contributed by atoms with Crippen LogP contribution in [0, 0.1) is 6.92 Å². The highest BCUT2D eigenvalue weighted by molar-refractivity contribution is 5.34. The van der Waals surface area contributed by atoms with Crippen molar-refractivity contribution in [1.29, 1.82) is 0 Å². The molecule has 0 aliphatic heterocycles. The summed E-state index contributed by atoms with van der Waals surface area (Å²) in [5, 5.41) is 3.19.